The minimum absolute atomic E-state index is 0.314. The van der Waals surface area contributed by atoms with E-state index in [1.165, 1.54) is 57.0 Å². The van der Waals surface area contributed by atoms with Gasteiger partial charge in [0.1, 0.15) is 0 Å². The SMILES string of the molecule is CC(c1ccccc1)C(Cc1ccc2sc3cc(N(c4ccccc4)c4ccc5sc6ccccc6c5c4)cc(N(c4ccccc4)c4ccccc4)c3c2c1)c1ccccc1. The van der Waals surface area contributed by atoms with E-state index in [-0.39, 0.29) is 0 Å². The van der Waals surface area contributed by atoms with Crippen LogP contribution >= 0.6 is 22.7 Å². The summed E-state index contributed by atoms with van der Waals surface area (Å²) in [4.78, 5) is 4.89. The molecule has 0 saturated carbocycles. The van der Waals surface area contributed by atoms with Gasteiger partial charge in [0, 0.05) is 68.8 Å². The van der Waals surface area contributed by atoms with E-state index >= 15 is 0 Å². The van der Waals surface area contributed by atoms with Crippen LogP contribution in [0.15, 0.2) is 224 Å². The summed E-state index contributed by atoms with van der Waals surface area (Å²) in [5, 5.41) is 5.14. The van der Waals surface area contributed by atoms with E-state index in [1.54, 1.807) is 0 Å². The van der Waals surface area contributed by atoms with Crippen molar-refractivity contribution in [1.29, 1.82) is 0 Å². The zero-order chi connectivity index (χ0) is 41.4. The molecule has 2 nitrogen and oxygen atoms in total. The molecule has 2 unspecified atom stereocenters. The lowest BCUT2D eigenvalue weighted by Gasteiger charge is -2.30. The van der Waals surface area contributed by atoms with Gasteiger partial charge in [0.05, 0.1) is 5.69 Å². The van der Waals surface area contributed by atoms with Crippen LogP contribution in [0.25, 0.3) is 40.3 Å². The van der Waals surface area contributed by atoms with Crippen molar-refractivity contribution in [3.8, 4) is 0 Å². The van der Waals surface area contributed by atoms with E-state index in [0.717, 1.165) is 40.5 Å². The van der Waals surface area contributed by atoms with Gasteiger partial charge in [-0.2, -0.15) is 0 Å². The molecule has 298 valence electrons. The van der Waals surface area contributed by atoms with Crippen LogP contribution in [-0.2, 0) is 6.42 Å². The van der Waals surface area contributed by atoms with Gasteiger partial charge in [-0.1, -0.05) is 146 Å². The second-order valence-electron chi connectivity index (χ2n) is 16.1. The average Bonchev–Trinajstić information content (AvgIpc) is 3.90. The molecule has 0 aliphatic carbocycles. The van der Waals surface area contributed by atoms with Gasteiger partial charge in [-0.25, -0.2) is 0 Å². The summed E-state index contributed by atoms with van der Waals surface area (Å²) < 4.78 is 5.14. The van der Waals surface area contributed by atoms with E-state index in [0.29, 0.717) is 11.8 Å². The summed E-state index contributed by atoms with van der Waals surface area (Å²) in [7, 11) is 0. The number of anilines is 6. The van der Waals surface area contributed by atoms with Gasteiger partial charge in [0.15, 0.2) is 0 Å². The lowest BCUT2D eigenvalue weighted by molar-refractivity contribution is 0.572. The number of nitrogens with zero attached hydrogens (tertiary/aromatic N) is 2. The quantitative estimate of drug-likeness (QED) is 0.128. The first-order valence-electron chi connectivity index (χ1n) is 21.4. The van der Waals surface area contributed by atoms with Gasteiger partial charge in [-0.05, 0) is 120 Å². The molecule has 0 amide bonds. The zero-order valence-electron chi connectivity index (χ0n) is 34.4. The molecular weight excluding hydrogens is 789 g/mol. The highest BCUT2D eigenvalue weighted by molar-refractivity contribution is 7.26. The number of fused-ring (bicyclic) bond motifs is 6. The first kappa shape index (κ1) is 38.0. The number of thiophene rings is 2. The topological polar surface area (TPSA) is 6.48 Å². The Labute approximate surface area is 371 Å². The molecule has 4 heteroatoms. The van der Waals surface area contributed by atoms with Crippen molar-refractivity contribution >= 4 is 97.1 Å². The van der Waals surface area contributed by atoms with Crippen molar-refractivity contribution in [3.63, 3.8) is 0 Å². The molecule has 0 spiro atoms. The fourth-order valence-corrected chi connectivity index (χ4v) is 11.6. The van der Waals surface area contributed by atoms with Crippen LogP contribution in [0.2, 0.25) is 0 Å². The van der Waals surface area contributed by atoms with E-state index in [4.69, 9.17) is 0 Å². The first-order valence-corrected chi connectivity index (χ1v) is 23.1. The standard InChI is InChI=1S/C58H44N2S2/c1-40(42-19-7-2-8-20-42)50(43-21-9-3-10-22-43)35-41-31-33-56-52(36-41)58-53(60(45-25-13-5-14-26-45)46-27-15-6-16-28-46)38-48(39-57(58)62-56)59(44-23-11-4-12-24-44)47-32-34-55-51(37-47)49-29-17-18-30-54(49)61-55/h2-34,36-40,50H,35H2,1H3. The van der Waals surface area contributed by atoms with Crippen LogP contribution in [0, 0.1) is 0 Å². The number of rotatable bonds is 11. The van der Waals surface area contributed by atoms with Crippen molar-refractivity contribution in [3.05, 3.63) is 241 Å². The van der Waals surface area contributed by atoms with Gasteiger partial charge in [0.25, 0.3) is 0 Å². The summed E-state index contributed by atoms with van der Waals surface area (Å²) in [6.07, 6.45) is 0.934. The highest BCUT2D eigenvalue weighted by Gasteiger charge is 2.25. The second-order valence-corrected chi connectivity index (χ2v) is 18.3. The normalized spacial score (nSPS) is 12.5. The fourth-order valence-electron chi connectivity index (χ4n) is 9.34. The molecule has 2 atom stereocenters. The van der Waals surface area contributed by atoms with Crippen LogP contribution in [0.4, 0.5) is 34.1 Å². The number of hydrogen-bond donors (Lipinski definition) is 0. The van der Waals surface area contributed by atoms with E-state index in [9.17, 15) is 0 Å². The highest BCUT2D eigenvalue weighted by atomic mass is 32.1. The summed E-state index contributed by atoms with van der Waals surface area (Å²) in [5.41, 5.74) is 10.8. The third-order valence-corrected chi connectivity index (χ3v) is 14.6. The molecule has 0 bridgehead atoms. The maximum Gasteiger partial charge on any atom is 0.0575 e. The molecule has 62 heavy (non-hydrogen) atoms. The number of para-hydroxylation sites is 3. The summed E-state index contributed by atoms with van der Waals surface area (Å²) in [6.45, 7) is 2.39. The molecule has 11 aromatic rings. The molecule has 0 fully saturated rings. The number of hydrogen-bond acceptors (Lipinski definition) is 4. The molecule has 0 N–H and O–H groups in total. The molecule has 0 saturated heterocycles. The van der Waals surface area contributed by atoms with Crippen LogP contribution in [0.3, 0.4) is 0 Å². The Morgan fingerprint density at radius 3 is 1.55 bits per heavy atom. The van der Waals surface area contributed by atoms with Gasteiger partial charge in [-0.15, -0.1) is 22.7 Å². The van der Waals surface area contributed by atoms with Crippen LogP contribution in [0.1, 0.15) is 35.4 Å². The van der Waals surface area contributed by atoms with Crippen molar-refractivity contribution in [1.82, 2.24) is 0 Å². The monoisotopic (exact) mass is 832 g/mol. The van der Waals surface area contributed by atoms with Crippen LogP contribution in [0.5, 0.6) is 0 Å². The third-order valence-electron chi connectivity index (χ3n) is 12.4. The summed E-state index contributed by atoms with van der Waals surface area (Å²) in [5.74, 6) is 0.655. The average molecular weight is 833 g/mol. The Bertz CT molecular complexity index is 3250. The van der Waals surface area contributed by atoms with Gasteiger partial charge >= 0.3 is 0 Å². The van der Waals surface area contributed by atoms with E-state index in [1.807, 2.05) is 22.7 Å². The van der Waals surface area contributed by atoms with Crippen molar-refractivity contribution in [2.45, 2.75) is 25.2 Å². The van der Waals surface area contributed by atoms with Crippen LogP contribution in [-0.4, -0.2) is 0 Å². The lowest BCUT2D eigenvalue weighted by atomic mass is 9.79. The smallest absolute Gasteiger partial charge is 0.0575 e. The third kappa shape index (κ3) is 7.11. The molecule has 2 aromatic heterocycles. The molecule has 0 aliphatic heterocycles. The Kier molecular flexibility index (Phi) is 10.1. The highest BCUT2D eigenvalue weighted by Crippen LogP contribution is 2.50. The minimum atomic E-state index is 0.314. The van der Waals surface area contributed by atoms with Gasteiger partial charge < -0.3 is 9.80 Å². The predicted octanol–water partition coefficient (Wildman–Crippen LogP) is 17.5. The second kappa shape index (κ2) is 16.5. The van der Waals surface area contributed by atoms with Crippen molar-refractivity contribution in [2.24, 2.45) is 0 Å². The maximum atomic E-state index is 2.49. The number of benzene rings is 9. The molecule has 11 rings (SSSR count). The summed E-state index contributed by atoms with van der Waals surface area (Å²) >= 11 is 3.75. The Hall–Kier alpha value is -6.98. The molecule has 9 aromatic carbocycles. The Morgan fingerprint density at radius 2 is 0.887 bits per heavy atom. The lowest BCUT2D eigenvalue weighted by Crippen LogP contribution is -2.13. The van der Waals surface area contributed by atoms with Gasteiger partial charge in [0.2, 0.25) is 0 Å². The molecular formula is C58H44N2S2. The largest absolute Gasteiger partial charge is 0.310 e. The molecule has 0 radical (unpaired) electrons. The van der Waals surface area contributed by atoms with Crippen molar-refractivity contribution < 1.29 is 0 Å². The summed E-state index contributed by atoms with van der Waals surface area (Å²) in [6, 6.07) is 82.4. The van der Waals surface area contributed by atoms with Crippen molar-refractivity contribution in [2.75, 3.05) is 9.80 Å². The van der Waals surface area contributed by atoms with E-state index in [2.05, 4.69) is 241 Å². The van der Waals surface area contributed by atoms with Crippen LogP contribution < -0.4 is 9.80 Å². The zero-order valence-corrected chi connectivity index (χ0v) is 36.1. The fraction of sp³-hybridized carbons (Fsp3) is 0.0690. The van der Waals surface area contributed by atoms with E-state index < -0.39 is 0 Å². The first-order chi connectivity index (χ1) is 30.7. The van der Waals surface area contributed by atoms with Gasteiger partial charge in [-0.3, -0.25) is 0 Å². The molecule has 2 heterocycles. The maximum absolute atomic E-state index is 2.49. The predicted molar refractivity (Wildman–Crippen MR) is 269 cm³/mol. The minimum Gasteiger partial charge on any atom is -0.310 e. The molecule has 0 aliphatic rings. The Balaban J connectivity index is 1.14. The Morgan fingerprint density at radius 1 is 0.371 bits per heavy atom.